The van der Waals surface area contributed by atoms with Crippen molar-refractivity contribution >= 4 is 23.2 Å². The minimum Gasteiger partial charge on any atom is -0.368 e. The van der Waals surface area contributed by atoms with Gasteiger partial charge in [0.15, 0.2) is 0 Å². The van der Waals surface area contributed by atoms with Crippen LogP contribution in [-0.2, 0) is 14.3 Å². The van der Waals surface area contributed by atoms with Crippen LogP contribution in [0.15, 0.2) is 41.8 Å². The third-order valence-corrected chi connectivity index (χ3v) is 5.33. The van der Waals surface area contributed by atoms with Crippen molar-refractivity contribution in [2.75, 3.05) is 26.2 Å². The number of primary amides is 1. The number of thiophene rings is 1. The fraction of sp³-hybridized carbons (Fsp3) is 0.368. The zero-order valence-electron chi connectivity index (χ0n) is 14.8. The standard InChI is InChI=1S/C19H22FN3O3S/c20-14-5-3-13(4-6-14)19(16-2-1-9-27-16)22-18(25)11-23-8-7-15(10-23)26-12-17(21)24/h1-6,9,15,19H,7-8,10-12H2,(H2,21,24)(H,22,25)/t15-,19+/m1/s1. The maximum Gasteiger partial charge on any atom is 0.243 e. The number of nitrogens with two attached hydrogens (primary N) is 1. The molecule has 1 fully saturated rings. The molecule has 0 spiro atoms. The van der Waals surface area contributed by atoms with Gasteiger partial charge in [0.1, 0.15) is 12.4 Å². The van der Waals surface area contributed by atoms with Crippen LogP contribution in [-0.4, -0.2) is 49.1 Å². The lowest BCUT2D eigenvalue weighted by atomic mass is 10.1. The van der Waals surface area contributed by atoms with E-state index in [0.717, 1.165) is 23.4 Å². The first-order valence-corrected chi connectivity index (χ1v) is 9.59. The molecule has 0 bridgehead atoms. The average Bonchev–Trinajstić information content (AvgIpc) is 3.31. The van der Waals surface area contributed by atoms with E-state index in [1.54, 1.807) is 12.1 Å². The summed E-state index contributed by atoms with van der Waals surface area (Å²) in [5, 5.41) is 4.98. The summed E-state index contributed by atoms with van der Waals surface area (Å²) in [5.41, 5.74) is 5.92. The molecule has 8 heteroatoms. The maximum atomic E-state index is 13.2. The van der Waals surface area contributed by atoms with Gasteiger partial charge in [0, 0.05) is 18.0 Å². The molecule has 1 saturated heterocycles. The van der Waals surface area contributed by atoms with Gasteiger partial charge in [-0.3, -0.25) is 14.5 Å². The molecule has 1 aliphatic rings. The molecular formula is C19H22FN3O3S. The van der Waals surface area contributed by atoms with E-state index in [0.29, 0.717) is 6.54 Å². The molecule has 1 aliphatic heterocycles. The van der Waals surface area contributed by atoms with Crippen molar-refractivity contribution < 1.29 is 18.7 Å². The number of hydrogen-bond acceptors (Lipinski definition) is 5. The Bertz CT molecular complexity index is 767. The molecular weight excluding hydrogens is 369 g/mol. The Labute approximate surface area is 161 Å². The summed E-state index contributed by atoms with van der Waals surface area (Å²) in [7, 11) is 0. The smallest absolute Gasteiger partial charge is 0.243 e. The number of amides is 2. The van der Waals surface area contributed by atoms with E-state index in [1.165, 1.54) is 23.5 Å². The number of carbonyl (C=O) groups excluding carboxylic acids is 2. The molecule has 0 unspecified atom stereocenters. The Morgan fingerprint density at radius 1 is 1.33 bits per heavy atom. The van der Waals surface area contributed by atoms with Crippen LogP contribution in [0.2, 0.25) is 0 Å². The number of halogens is 1. The molecule has 3 rings (SSSR count). The highest BCUT2D eigenvalue weighted by Gasteiger charge is 2.26. The van der Waals surface area contributed by atoms with E-state index < -0.39 is 5.91 Å². The predicted octanol–water partition coefficient (Wildman–Crippen LogP) is 1.67. The first-order valence-electron chi connectivity index (χ1n) is 8.72. The molecule has 2 atom stereocenters. The van der Waals surface area contributed by atoms with Crippen LogP contribution in [0.1, 0.15) is 22.9 Å². The molecule has 2 aromatic rings. The monoisotopic (exact) mass is 391 g/mol. The number of benzene rings is 1. The Morgan fingerprint density at radius 3 is 2.78 bits per heavy atom. The minimum atomic E-state index is -0.496. The molecule has 2 heterocycles. The van der Waals surface area contributed by atoms with Gasteiger partial charge >= 0.3 is 0 Å². The maximum absolute atomic E-state index is 13.2. The topological polar surface area (TPSA) is 84.7 Å². The second-order valence-electron chi connectivity index (χ2n) is 6.49. The highest BCUT2D eigenvalue weighted by Crippen LogP contribution is 2.26. The second-order valence-corrected chi connectivity index (χ2v) is 7.47. The number of hydrogen-bond donors (Lipinski definition) is 2. The molecule has 1 aromatic heterocycles. The number of carbonyl (C=O) groups is 2. The summed E-state index contributed by atoms with van der Waals surface area (Å²) in [6.07, 6.45) is 0.669. The summed E-state index contributed by atoms with van der Waals surface area (Å²) < 4.78 is 18.7. The van der Waals surface area contributed by atoms with E-state index in [2.05, 4.69) is 5.32 Å². The summed E-state index contributed by atoms with van der Waals surface area (Å²) in [4.78, 5) is 26.4. The highest BCUT2D eigenvalue weighted by molar-refractivity contribution is 7.10. The fourth-order valence-electron chi connectivity index (χ4n) is 3.12. The zero-order valence-corrected chi connectivity index (χ0v) is 15.6. The quantitative estimate of drug-likeness (QED) is 0.717. The van der Waals surface area contributed by atoms with E-state index in [9.17, 15) is 14.0 Å². The Kier molecular flexibility index (Phi) is 6.54. The molecule has 2 amide bonds. The van der Waals surface area contributed by atoms with Gasteiger partial charge in [-0.05, 0) is 35.6 Å². The third-order valence-electron chi connectivity index (χ3n) is 4.39. The number of rotatable bonds is 8. The van der Waals surface area contributed by atoms with Gasteiger partial charge in [-0.25, -0.2) is 4.39 Å². The number of likely N-dealkylation sites (tertiary alicyclic amines) is 1. The summed E-state index contributed by atoms with van der Waals surface area (Å²) in [6, 6.07) is 9.70. The van der Waals surface area contributed by atoms with Crippen molar-refractivity contribution in [1.82, 2.24) is 10.2 Å². The van der Waals surface area contributed by atoms with Crippen LogP contribution in [0, 0.1) is 5.82 Å². The summed E-state index contributed by atoms with van der Waals surface area (Å²) in [5.74, 6) is -0.924. The largest absolute Gasteiger partial charge is 0.368 e. The van der Waals surface area contributed by atoms with Gasteiger partial charge in [0.25, 0.3) is 0 Å². The SMILES string of the molecule is NC(=O)CO[C@@H]1CCN(CC(=O)N[C@@H](c2ccc(F)cc2)c2cccs2)C1. The Hall–Kier alpha value is -2.29. The Morgan fingerprint density at radius 2 is 2.11 bits per heavy atom. The number of ether oxygens (including phenoxy) is 1. The van der Waals surface area contributed by atoms with E-state index >= 15 is 0 Å². The van der Waals surface area contributed by atoms with Gasteiger partial charge in [0.05, 0.1) is 18.7 Å². The molecule has 1 aromatic carbocycles. The lowest BCUT2D eigenvalue weighted by Crippen LogP contribution is -2.38. The van der Waals surface area contributed by atoms with Gasteiger partial charge in [-0.15, -0.1) is 11.3 Å². The molecule has 0 saturated carbocycles. The lowest BCUT2D eigenvalue weighted by molar-refractivity contribution is -0.125. The van der Waals surface area contributed by atoms with Crippen molar-refractivity contribution in [2.45, 2.75) is 18.6 Å². The van der Waals surface area contributed by atoms with Gasteiger partial charge in [0.2, 0.25) is 11.8 Å². The van der Waals surface area contributed by atoms with Crippen molar-refractivity contribution in [3.8, 4) is 0 Å². The van der Waals surface area contributed by atoms with Crippen molar-refractivity contribution in [3.63, 3.8) is 0 Å². The number of nitrogens with one attached hydrogen (secondary N) is 1. The van der Waals surface area contributed by atoms with Crippen molar-refractivity contribution in [3.05, 3.63) is 58.0 Å². The minimum absolute atomic E-state index is 0.0875. The predicted molar refractivity (Wildman–Crippen MR) is 101 cm³/mol. The molecule has 0 aliphatic carbocycles. The van der Waals surface area contributed by atoms with Crippen LogP contribution in [0.3, 0.4) is 0 Å². The van der Waals surface area contributed by atoms with E-state index in [-0.39, 0.29) is 37.0 Å². The van der Waals surface area contributed by atoms with Gasteiger partial charge in [-0.2, -0.15) is 0 Å². The third kappa shape index (κ3) is 5.59. The number of nitrogens with zero attached hydrogens (tertiary/aromatic N) is 1. The first-order chi connectivity index (χ1) is 13.0. The lowest BCUT2D eigenvalue weighted by Gasteiger charge is -2.21. The van der Waals surface area contributed by atoms with Crippen LogP contribution in [0.25, 0.3) is 0 Å². The molecule has 0 radical (unpaired) electrons. The van der Waals surface area contributed by atoms with Gasteiger partial charge < -0.3 is 15.8 Å². The van der Waals surface area contributed by atoms with Gasteiger partial charge in [-0.1, -0.05) is 18.2 Å². The van der Waals surface area contributed by atoms with E-state index in [1.807, 2.05) is 22.4 Å². The second kappa shape index (κ2) is 9.07. The highest BCUT2D eigenvalue weighted by atomic mass is 32.1. The van der Waals surface area contributed by atoms with E-state index in [4.69, 9.17) is 10.5 Å². The molecule has 27 heavy (non-hydrogen) atoms. The van der Waals surface area contributed by atoms with Crippen LogP contribution in [0.4, 0.5) is 4.39 Å². The average molecular weight is 391 g/mol. The molecule has 3 N–H and O–H groups in total. The van der Waals surface area contributed by atoms with Crippen LogP contribution in [0.5, 0.6) is 0 Å². The zero-order chi connectivity index (χ0) is 19.2. The fourth-order valence-corrected chi connectivity index (χ4v) is 3.92. The summed E-state index contributed by atoms with van der Waals surface area (Å²) in [6.45, 7) is 1.44. The molecule has 144 valence electrons. The van der Waals surface area contributed by atoms with Crippen LogP contribution < -0.4 is 11.1 Å². The normalized spacial score (nSPS) is 18.3. The Balaban J connectivity index is 1.59. The molecule has 6 nitrogen and oxygen atoms in total. The first kappa shape index (κ1) is 19.5. The van der Waals surface area contributed by atoms with Crippen LogP contribution >= 0.6 is 11.3 Å². The van der Waals surface area contributed by atoms with Crippen molar-refractivity contribution in [2.24, 2.45) is 5.73 Å². The van der Waals surface area contributed by atoms with Crippen molar-refractivity contribution in [1.29, 1.82) is 0 Å². The summed E-state index contributed by atoms with van der Waals surface area (Å²) >= 11 is 1.54.